The molecule has 0 spiro atoms. The minimum atomic E-state index is -4.34. The Labute approximate surface area is 175 Å². The van der Waals surface area contributed by atoms with E-state index in [1.54, 1.807) is 6.92 Å². The van der Waals surface area contributed by atoms with E-state index in [2.05, 4.69) is 19.1 Å². The molecule has 0 aromatic heterocycles. The molecular weight excluding hydrogens is 389 g/mol. The summed E-state index contributed by atoms with van der Waals surface area (Å²) in [6.07, 6.45) is -4.22. The minimum Gasteiger partial charge on any atom is -0.392 e. The Balaban J connectivity index is 0.000000212. The highest BCUT2D eigenvalue weighted by atomic mass is 19.4. The second-order valence-corrected chi connectivity index (χ2v) is 7.42. The summed E-state index contributed by atoms with van der Waals surface area (Å²) >= 11 is 0. The third-order valence-electron chi connectivity index (χ3n) is 5.08. The highest BCUT2D eigenvalue weighted by Crippen LogP contribution is 2.37. The highest BCUT2D eigenvalue weighted by molar-refractivity contribution is 5.35. The number of aliphatic hydroxyl groups excluding tert-OH is 1. The molecule has 0 radical (unpaired) electrons. The molecule has 5 heteroatoms. The fraction of sp³-hybridized carbons (Fsp3) is 0.280. The van der Waals surface area contributed by atoms with Crippen LogP contribution in [-0.4, -0.2) is 17.3 Å². The molecule has 158 valence electrons. The Morgan fingerprint density at radius 3 is 1.70 bits per heavy atom. The van der Waals surface area contributed by atoms with Crippen molar-refractivity contribution in [1.82, 2.24) is 0 Å². The first-order chi connectivity index (χ1) is 14.3. The van der Waals surface area contributed by atoms with Gasteiger partial charge in [0, 0.05) is 5.92 Å². The van der Waals surface area contributed by atoms with Crippen molar-refractivity contribution in [2.75, 3.05) is 0 Å². The average Bonchev–Trinajstić information content (AvgIpc) is 3.46. The van der Waals surface area contributed by atoms with Crippen LogP contribution in [0.25, 0.3) is 0 Å². The number of rotatable bonds is 4. The molecule has 2 nitrogen and oxygen atoms in total. The molecule has 0 unspecified atom stereocenters. The molecule has 0 aliphatic carbocycles. The van der Waals surface area contributed by atoms with E-state index >= 15 is 0 Å². The molecular formula is C25H25F3O2. The number of ether oxygens (including phenoxy) is 1. The maximum atomic E-state index is 12.6. The van der Waals surface area contributed by atoms with Gasteiger partial charge in [-0.3, -0.25) is 0 Å². The van der Waals surface area contributed by atoms with Crippen LogP contribution in [0, 0.1) is 0 Å². The van der Waals surface area contributed by atoms with Gasteiger partial charge in [0.05, 0.1) is 17.8 Å². The monoisotopic (exact) mass is 414 g/mol. The number of hydrogen-bond donors (Lipinski definition) is 1. The lowest BCUT2D eigenvalue weighted by Gasteiger charge is -2.21. The molecule has 3 aromatic rings. The number of epoxide rings is 1. The van der Waals surface area contributed by atoms with Gasteiger partial charge in [0.25, 0.3) is 0 Å². The first-order valence-electron chi connectivity index (χ1n) is 9.88. The fourth-order valence-electron chi connectivity index (χ4n) is 3.47. The van der Waals surface area contributed by atoms with Gasteiger partial charge in [0.1, 0.15) is 6.10 Å². The molecule has 1 saturated heterocycles. The standard InChI is InChI=1S/C16H15F3O.C9H10O/c1-11(20)15(12-5-3-2-4-6-12)13-7-9-14(10-8-13)16(17,18)19;1-7-9(10-7)8-5-3-2-4-6-8/h2-11,15,20H,1H3;2-7,9H,1H3/t11-,15-;7-,9+/m00/s1. The SMILES string of the molecule is C[C@@H]1O[C@H]1c1ccccc1.C[C@H](O)[C@@H](c1ccccc1)c1ccc(C(F)(F)F)cc1. The van der Waals surface area contributed by atoms with Crippen LogP contribution in [0.1, 0.15) is 48.1 Å². The van der Waals surface area contributed by atoms with E-state index in [4.69, 9.17) is 4.74 Å². The molecule has 1 aliphatic rings. The van der Waals surface area contributed by atoms with E-state index < -0.39 is 17.8 Å². The zero-order chi connectivity index (χ0) is 21.7. The molecule has 0 saturated carbocycles. The van der Waals surface area contributed by atoms with Crippen molar-refractivity contribution in [3.63, 3.8) is 0 Å². The van der Waals surface area contributed by atoms with Crippen LogP contribution in [0.15, 0.2) is 84.9 Å². The fourth-order valence-corrected chi connectivity index (χ4v) is 3.47. The number of aliphatic hydroxyl groups is 1. The van der Waals surface area contributed by atoms with E-state index in [0.29, 0.717) is 17.8 Å². The van der Waals surface area contributed by atoms with Crippen LogP contribution in [-0.2, 0) is 10.9 Å². The van der Waals surface area contributed by atoms with Gasteiger partial charge in [-0.1, -0.05) is 72.8 Å². The molecule has 4 rings (SSSR count). The largest absolute Gasteiger partial charge is 0.416 e. The van der Waals surface area contributed by atoms with E-state index in [1.807, 2.05) is 48.5 Å². The van der Waals surface area contributed by atoms with Crippen LogP contribution in [0.2, 0.25) is 0 Å². The first-order valence-corrected chi connectivity index (χ1v) is 9.88. The molecule has 1 N–H and O–H groups in total. The second kappa shape index (κ2) is 9.45. The van der Waals surface area contributed by atoms with Crippen LogP contribution >= 0.6 is 0 Å². The van der Waals surface area contributed by atoms with Crippen molar-refractivity contribution >= 4 is 0 Å². The lowest BCUT2D eigenvalue weighted by molar-refractivity contribution is -0.137. The normalized spacial score (nSPS) is 19.9. The van der Waals surface area contributed by atoms with Gasteiger partial charge < -0.3 is 9.84 Å². The lowest BCUT2D eigenvalue weighted by atomic mass is 9.87. The maximum Gasteiger partial charge on any atom is 0.416 e. The summed E-state index contributed by atoms with van der Waals surface area (Å²) in [6, 6.07) is 24.5. The molecule has 1 aliphatic heterocycles. The second-order valence-electron chi connectivity index (χ2n) is 7.42. The summed E-state index contributed by atoms with van der Waals surface area (Å²) < 4.78 is 43.0. The molecule has 1 fully saturated rings. The molecule has 4 atom stereocenters. The molecule has 0 bridgehead atoms. The zero-order valence-corrected chi connectivity index (χ0v) is 16.9. The van der Waals surface area contributed by atoms with Gasteiger partial charge in [-0.05, 0) is 42.7 Å². The maximum absolute atomic E-state index is 12.6. The first kappa shape index (κ1) is 22.1. The Hall–Kier alpha value is -2.63. The van der Waals surface area contributed by atoms with Gasteiger partial charge >= 0.3 is 6.18 Å². The number of halogens is 3. The summed E-state index contributed by atoms with van der Waals surface area (Å²) in [5, 5.41) is 9.93. The van der Waals surface area contributed by atoms with Crippen molar-refractivity contribution in [3.05, 3.63) is 107 Å². The van der Waals surface area contributed by atoms with Crippen LogP contribution in [0.5, 0.6) is 0 Å². The smallest absolute Gasteiger partial charge is 0.392 e. The summed E-state index contributed by atoms with van der Waals surface area (Å²) in [6.45, 7) is 3.73. The van der Waals surface area contributed by atoms with Crippen molar-refractivity contribution < 1.29 is 23.0 Å². The Bertz CT molecular complexity index is 907. The van der Waals surface area contributed by atoms with Gasteiger partial charge in [0.2, 0.25) is 0 Å². The van der Waals surface area contributed by atoms with Crippen molar-refractivity contribution in [1.29, 1.82) is 0 Å². The number of benzene rings is 3. The third-order valence-corrected chi connectivity index (χ3v) is 5.08. The van der Waals surface area contributed by atoms with E-state index in [1.165, 1.54) is 17.7 Å². The summed E-state index contributed by atoms with van der Waals surface area (Å²) in [4.78, 5) is 0. The van der Waals surface area contributed by atoms with Crippen molar-refractivity contribution in [2.24, 2.45) is 0 Å². The van der Waals surface area contributed by atoms with E-state index in [9.17, 15) is 18.3 Å². The van der Waals surface area contributed by atoms with Crippen LogP contribution in [0.3, 0.4) is 0 Å². The Morgan fingerprint density at radius 1 is 0.800 bits per heavy atom. The van der Waals surface area contributed by atoms with Crippen LogP contribution < -0.4 is 0 Å². The topological polar surface area (TPSA) is 32.8 Å². The average molecular weight is 414 g/mol. The van der Waals surface area contributed by atoms with Crippen molar-refractivity contribution in [3.8, 4) is 0 Å². The Morgan fingerprint density at radius 2 is 1.27 bits per heavy atom. The lowest BCUT2D eigenvalue weighted by Crippen LogP contribution is -2.16. The van der Waals surface area contributed by atoms with Crippen molar-refractivity contribution in [2.45, 2.75) is 44.3 Å². The van der Waals surface area contributed by atoms with E-state index in [-0.39, 0.29) is 5.92 Å². The molecule has 30 heavy (non-hydrogen) atoms. The molecule has 3 aromatic carbocycles. The summed E-state index contributed by atoms with van der Waals surface area (Å²) in [7, 11) is 0. The number of alkyl halides is 3. The minimum absolute atomic E-state index is 0.335. The zero-order valence-electron chi connectivity index (χ0n) is 16.9. The summed E-state index contributed by atoms with van der Waals surface area (Å²) in [5.74, 6) is -0.335. The Kier molecular flexibility index (Phi) is 6.95. The molecule has 1 heterocycles. The molecule has 0 amide bonds. The quantitative estimate of drug-likeness (QED) is 0.504. The predicted molar refractivity (Wildman–Crippen MR) is 111 cm³/mol. The van der Waals surface area contributed by atoms with Gasteiger partial charge in [-0.15, -0.1) is 0 Å². The predicted octanol–water partition coefficient (Wildman–Crippen LogP) is 6.36. The van der Waals surface area contributed by atoms with Crippen LogP contribution in [0.4, 0.5) is 13.2 Å². The summed E-state index contributed by atoms with van der Waals surface area (Å²) in [5.41, 5.74) is 2.16. The highest BCUT2D eigenvalue weighted by Gasteiger charge is 2.35. The van der Waals surface area contributed by atoms with Gasteiger partial charge in [0.15, 0.2) is 0 Å². The van der Waals surface area contributed by atoms with E-state index in [0.717, 1.165) is 17.7 Å². The number of hydrogen-bond acceptors (Lipinski definition) is 2. The van der Waals surface area contributed by atoms with Gasteiger partial charge in [-0.2, -0.15) is 13.2 Å². The third kappa shape index (κ3) is 5.71. The van der Waals surface area contributed by atoms with Gasteiger partial charge in [-0.25, -0.2) is 0 Å².